The van der Waals surface area contributed by atoms with Crippen LogP contribution in [-0.4, -0.2) is 40.6 Å². The minimum absolute atomic E-state index is 0.284. The summed E-state index contributed by atoms with van der Waals surface area (Å²) < 4.78 is 20.0. The average molecular weight is 415 g/mol. The summed E-state index contributed by atoms with van der Waals surface area (Å²) >= 11 is 0. The molecule has 1 aliphatic rings. The van der Waals surface area contributed by atoms with Gasteiger partial charge in [-0.25, -0.2) is 19.3 Å². The number of rotatable bonds is 4. The van der Waals surface area contributed by atoms with Crippen LogP contribution in [0.15, 0.2) is 54.7 Å². The first-order chi connectivity index (χ1) is 15.1. The molecule has 3 heterocycles. The molecular formula is C24H22FN5O. The second-order valence-electron chi connectivity index (χ2n) is 7.68. The fourth-order valence-corrected chi connectivity index (χ4v) is 3.97. The van der Waals surface area contributed by atoms with Gasteiger partial charge < -0.3 is 15.0 Å². The molecule has 4 aromatic rings. The number of benzene rings is 2. The number of halogens is 1. The number of methoxy groups -OCH3 is 1. The van der Waals surface area contributed by atoms with Crippen LogP contribution in [0.2, 0.25) is 0 Å². The van der Waals surface area contributed by atoms with Crippen molar-refractivity contribution >= 4 is 22.5 Å². The van der Waals surface area contributed by atoms with E-state index in [-0.39, 0.29) is 5.82 Å². The van der Waals surface area contributed by atoms with E-state index in [0.29, 0.717) is 28.6 Å². The van der Waals surface area contributed by atoms with E-state index in [1.54, 1.807) is 25.4 Å². The molecule has 6 nitrogen and oxygen atoms in total. The summed E-state index contributed by atoms with van der Waals surface area (Å²) in [6.45, 7) is 1.81. The van der Waals surface area contributed by atoms with Crippen LogP contribution >= 0.6 is 0 Å². The number of nitrogens with one attached hydrogen (secondary N) is 1. The fourth-order valence-electron chi connectivity index (χ4n) is 3.97. The molecule has 1 N–H and O–H groups in total. The number of pyridine rings is 1. The molecule has 0 aliphatic carbocycles. The van der Waals surface area contributed by atoms with Crippen molar-refractivity contribution in [2.75, 3.05) is 26.0 Å². The molecule has 0 spiro atoms. The monoisotopic (exact) mass is 415 g/mol. The van der Waals surface area contributed by atoms with Crippen molar-refractivity contribution in [1.29, 1.82) is 0 Å². The zero-order valence-electron chi connectivity index (χ0n) is 17.4. The first-order valence-electron chi connectivity index (χ1n) is 10.2. The van der Waals surface area contributed by atoms with Crippen LogP contribution < -0.4 is 10.1 Å². The summed E-state index contributed by atoms with van der Waals surface area (Å²) in [4.78, 5) is 16.1. The van der Waals surface area contributed by atoms with Gasteiger partial charge in [-0.05, 0) is 24.7 Å². The maximum absolute atomic E-state index is 14.5. The van der Waals surface area contributed by atoms with Crippen LogP contribution in [-0.2, 0) is 13.0 Å². The molecule has 7 heteroatoms. The van der Waals surface area contributed by atoms with E-state index in [2.05, 4.69) is 27.2 Å². The van der Waals surface area contributed by atoms with Crippen molar-refractivity contribution in [3.05, 3.63) is 71.8 Å². The molecule has 2 aromatic carbocycles. The highest BCUT2D eigenvalue weighted by Crippen LogP contribution is 2.32. The van der Waals surface area contributed by atoms with E-state index in [9.17, 15) is 4.39 Å². The van der Waals surface area contributed by atoms with Crippen molar-refractivity contribution in [2.45, 2.75) is 13.0 Å². The maximum Gasteiger partial charge on any atom is 0.237 e. The van der Waals surface area contributed by atoms with Crippen molar-refractivity contribution in [3.63, 3.8) is 0 Å². The number of hydrogen-bond donors (Lipinski definition) is 1. The second kappa shape index (κ2) is 7.92. The molecule has 0 fully saturated rings. The Hall–Kier alpha value is -3.58. The van der Waals surface area contributed by atoms with Crippen LogP contribution in [0, 0.1) is 5.82 Å². The molecule has 0 saturated carbocycles. The molecule has 0 radical (unpaired) electrons. The lowest BCUT2D eigenvalue weighted by Gasteiger charge is -2.25. The highest BCUT2D eigenvalue weighted by atomic mass is 19.1. The molecule has 0 amide bonds. The summed E-state index contributed by atoms with van der Waals surface area (Å²) in [6.07, 6.45) is 2.63. The van der Waals surface area contributed by atoms with Crippen molar-refractivity contribution < 1.29 is 9.13 Å². The number of aromatic nitrogens is 3. The number of ether oxygens (including phenoxy) is 1. The summed E-state index contributed by atoms with van der Waals surface area (Å²) in [5.74, 6) is 0.627. The van der Waals surface area contributed by atoms with E-state index < -0.39 is 0 Å². The second-order valence-corrected chi connectivity index (χ2v) is 7.68. The number of anilines is 2. The van der Waals surface area contributed by atoms with Crippen LogP contribution in [0.5, 0.6) is 5.88 Å². The lowest BCUT2D eigenvalue weighted by Crippen LogP contribution is -2.27. The van der Waals surface area contributed by atoms with Gasteiger partial charge in [-0.1, -0.05) is 36.4 Å². The molecular weight excluding hydrogens is 393 g/mol. The third-order valence-corrected chi connectivity index (χ3v) is 5.54. The number of nitrogens with zero attached hydrogens (tertiary/aromatic N) is 4. The average Bonchev–Trinajstić information content (AvgIpc) is 2.78. The number of para-hydroxylation sites is 1. The molecule has 0 unspecified atom stereocenters. The Morgan fingerprint density at radius 2 is 1.90 bits per heavy atom. The minimum atomic E-state index is -0.284. The predicted molar refractivity (Wildman–Crippen MR) is 119 cm³/mol. The largest absolute Gasteiger partial charge is 0.480 e. The van der Waals surface area contributed by atoms with Gasteiger partial charge in [0.05, 0.1) is 18.3 Å². The highest BCUT2D eigenvalue weighted by Gasteiger charge is 2.19. The number of likely N-dealkylation sites (N-methyl/N-ethyl adjacent to an activating group) is 1. The van der Waals surface area contributed by atoms with Gasteiger partial charge in [-0.2, -0.15) is 0 Å². The SMILES string of the molecule is COc1nc2c(cc1Nc1ncc3cccc(-c4ccccc4F)c3n1)CN(C)CC2. The molecule has 156 valence electrons. The summed E-state index contributed by atoms with van der Waals surface area (Å²) in [5, 5.41) is 4.09. The van der Waals surface area contributed by atoms with Gasteiger partial charge >= 0.3 is 0 Å². The highest BCUT2D eigenvalue weighted by molar-refractivity contribution is 5.94. The third kappa shape index (κ3) is 3.68. The van der Waals surface area contributed by atoms with E-state index in [0.717, 1.165) is 41.7 Å². The molecule has 0 bridgehead atoms. The summed E-state index contributed by atoms with van der Waals surface area (Å²) in [7, 11) is 3.70. The smallest absolute Gasteiger partial charge is 0.237 e. The predicted octanol–water partition coefficient (Wildman–Crippen LogP) is 4.57. The van der Waals surface area contributed by atoms with Gasteiger partial charge in [0.2, 0.25) is 11.8 Å². The topological polar surface area (TPSA) is 63.2 Å². The van der Waals surface area contributed by atoms with E-state index >= 15 is 0 Å². The van der Waals surface area contributed by atoms with Crippen LogP contribution in [0.25, 0.3) is 22.0 Å². The van der Waals surface area contributed by atoms with Crippen LogP contribution in [0.3, 0.4) is 0 Å². The molecule has 5 rings (SSSR count). The summed E-state index contributed by atoms with van der Waals surface area (Å²) in [6, 6.07) is 14.4. The van der Waals surface area contributed by atoms with E-state index in [4.69, 9.17) is 9.72 Å². The van der Waals surface area contributed by atoms with E-state index in [1.165, 1.54) is 6.07 Å². The Morgan fingerprint density at radius 1 is 1.06 bits per heavy atom. The van der Waals surface area contributed by atoms with Gasteiger partial charge in [0.15, 0.2) is 0 Å². The van der Waals surface area contributed by atoms with Crippen LogP contribution in [0.4, 0.5) is 16.0 Å². The third-order valence-electron chi connectivity index (χ3n) is 5.54. The number of fused-ring (bicyclic) bond motifs is 2. The Kier molecular flexibility index (Phi) is 4.95. The minimum Gasteiger partial charge on any atom is -0.480 e. The quantitative estimate of drug-likeness (QED) is 0.527. The Labute approximate surface area is 179 Å². The van der Waals surface area contributed by atoms with Crippen LogP contribution in [0.1, 0.15) is 11.3 Å². The Balaban J connectivity index is 1.57. The standard InChI is InChI=1S/C24H22FN5O/c1-30-11-10-20-16(14-30)12-21(23(27-20)31-2)28-24-26-13-15-6-5-8-18(22(15)29-24)17-7-3-4-9-19(17)25/h3-9,12-13H,10-11,14H2,1-2H3,(H,26,28,29). The molecule has 31 heavy (non-hydrogen) atoms. The molecule has 1 aliphatic heterocycles. The lowest BCUT2D eigenvalue weighted by molar-refractivity contribution is 0.307. The fraction of sp³-hybridized carbons (Fsp3) is 0.208. The first-order valence-corrected chi connectivity index (χ1v) is 10.2. The molecule has 0 atom stereocenters. The normalized spacial score (nSPS) is 13.8. The Morgan fingerprint density at radius 3 is 2.74 bits per heavy atom. The van der Waals surface area contributed by atoms with Crippen molar-refractivity contribution in [3.8, 4) is 17.0 Å². The molecule has 2 aromatic heterocycles. The van der Waals surface area contributed by atoms with Crippen molar-refractivity contribution in [1.82, 2.24) is 19.9 Å². The lowest BCUT2D eigenvalue weighted by atomic mass is 10.0. The zero-order valence-corrected chi connectivity index (χ0v) is 17.4. The van der Waals surface area contributed by atoms with Gasteiger partial charge in [-0.3, -0.25) is 0 Å². The maximum atomic E-state index is 14.5. The first kappa shape index (κ1) is 19.4. The summed E-state index contributed by atoms with van der Waals surface area (Å²) in [5.41, 5.74) is 4.83. The van der Waals surface area contributed by atoms with Gasteiger partial charge in [0.1, 0.15) is 11.5 Å². The zero-order chi connectivity index (χ0) is 21.4. The molecule has 0 saturated heterocycles. The van der Waals surface area contributed by atoms with E-state index in [1.807, 2.05) is 30.3 Å². The Bertz CT molecular complexity index is 1280. The van der Waals surface area contributed by atoms with Gasteiger partial charge in [0, 0.05) is 42.2 Å². The number of hydrogen-bond acceptors (Lipinski definition) is 6. The van der Waals surface area contributed by atoms with Gasteiger partial charge in [0.25, 0.3) is 0 Å². The van der Waals surface area contributed by atoms with Crippen molar-refractivity contribution in [2.24, 2.45) is 0 Å². The van der Waals surface area contributed by atoms with Gasteiger partial charge in [-0.15, -0.1) is 0 Å².